The van der Waals surface area contributed by atoms with Gasteiger partial charge in [-0.05, 0) is 68.7 Å². The second-order valence-corrected chi connectivity index (χ2v) is 12.6. The number of hydrogen-bond acceptors (Lipinski definition) is 9. The number of anilines is 1. The minimum Gasteiger partial charge on any atom is -0.507 e. The highest BCUT2D eigenvalue weighted by molar-refractivity contribution is 7.92. The number of amides is 1. The molecule has 0 spiro atoms. The Hall–Kier alpha value is -4.97. The second-order valence-electron chi connectivity index (χ2n) is 10.9. The highest BCUT2D eigenvalue weighted by Crippen LogP contribution is 2.56. The smallest absolute Gasteiger partial charge is 0.261 e. The average molecular weight is 619 g/mol. The van der Waals surface area contributed by atoms with Gasteiger partial charge in [-0.1, -0.05) is 18.2 Å². The summed E-state index contributed by atoms with van der Waals surface area (Å²) in [4.78, 5) is 52.0. The molecule has 3 N–H and O–H groups in total. The number of aromatic hydroxyl groups is 1. The Morgan fingerprint density at radius 1 is 1.07 bits per heavy atom. The summed E-state index contributed by atoms with van der Waals surface area (Å²) in [5.41, 5.74) is 0.667. The van der Waals surface area contributed by atoms with Crippen LogP contribution >= 0.6 is 0 Å². The van der Waals surface area contributed by atoms with Crippen molar-refractivity contribution < 1.29 is 42.2 Å². The number of phenols is 1. The van der Waals surface area contributed by atoms with Crippen molar-refractivity contribution >= 4 is 39.0 Å². The van der Waals surface area contributed by atoms with Crippen LogP contribution in [0.2, 0.25) is 0 Å². The van der Waals surface area contributed by atoms with Crippen LogP contribution in [0.5, 0.6) is 17.2 Å². The molecular formula is C32H30N2O9S. The molecule has 5 rings (SSSR count). The van der Waals surface area contributed by atoms with Crippen LogP contribution in [-0.4, -0.2) is 43.9 Å². The summed E-state index contributed by atoms with van der Waals surface area (Å²) in [6.45, 7) is 6.17. The molecule has 0 fully saturated rings. The number of fused-ring (bicyclic) bond motifs is 3. The molecule has 1 aliphatic carbocycles. The first-order valence-electron chi connectivity index (χ1n) is 13.6. The summed E-state index contributed by atoms with van der Waals surface area (Å²) in [5, 5.41) is 13.7. The number of phenolic OH excluding ortho intramolecular Hbond substituents is 1. The number of sulfonamides is 1. The molecule has 1 amide bonds. The van der Waals surface area contributed by atoms with E-state index in [0.29, 0.717) is 16.8 Å². The van der Waals surface area contributed by atoms with Crippen LogP contribution in [0.4, 0.5) is 5.69 Å². The Balaban J connectivity index is 1.45. The fourth-order valence-corrected chi connectivity index (χ4v) is 6.82. The normalized spacial score (nSPS) is 18.9. The minimum absolute atomic E-state index is 0.0326. The molecule has 0 saturated heterocycles. The summed E-state index contributed by atoms with van der Waals surface area (Å²) >= 11 is 0. The van der Waals surface area contributed by atoms with Gasteiger partial charge in [-0.25, -0.2) is 8.42 Å². The maximum atomic E-state index is 13.7. The van der Waals surface area contributed by atoms with Crippen molar-refractivity contribution in [1.82, 2.24) is 5.32 Å². The Kier molecular flexibility index (Phi) is 7.58. The lowest BCUT2D eigenvalue weighted by atomic mass is 9.67. The number of benzene rings is 3. The predicted molar refractivity (Wildman–Crippen MR) is 159 cm³/mol. The molecule has 0 radical (unpaired) electrons. The third kappa shape index (κ3) is 4.90. The van der Waals surface area contributed by atoms with Gasteiger partial charge in [0, 0.05) is 24.4 Å². The van der Waals surface area contributed by atoms with Gasteiger partial charge in [0.05, 0.1) is 17.6 Å². The van der Waals surface area contributed by atoms with E-state index in [1.807, 2.05) is 0 Å². The largest absolute Gasteiger partial charge is 0.507 e. The molecule has 12 heteroatoms. The van der Waals surface area contributed by atoms with E-state index in [4.69, 9.17) is 9.47 Å². The number of aryl methyl sites for hydroxylation is 2. The van der Waals surface area contributed by atoms with Gasteiger partial charge < -0.3 is 19.9 Å². The molecule has 1 unspecified atom stereocenters. The molecule has 3 aromatic rings. The van der Waals surface area contributed by atoms with E-state index in [1.54, 1.807) is 44.2 Å². The van der Waals surface area contributed by atoms with Crippen molar-refractivity contribution in [3.63, 3.8) is 0 Å². The third-order valence-electron chi connectivity index (χ3n) is 8.02. The van der Waals surface area contributed by atoms with Gasteiger partial charge in [0.15, 0.2) is 17.3 Å². The number of nitrogens with one attached hydrogen (secondary N) is 2. The van der Waals surface area contributed by atoms with Crippen molar-refractivity contribution in [2.75, 3.05) is 11.8 Å². The number of rotatable bonds is 8. The zero-order chi connectivity index (χ0) is 32.1. The van der Waals surface area contributed by atoms with Gasteiger partial charge in [0.25, 0.3) is 15.9 Å². The highest BCUT2D eigenvalue weighted by atomic mass is 32.2. The number of Topliss-reactive ketones (excluding diaryl/α,β-unsaturated/α-hetero) is 2. The molecule has 1 aliphatic heterocycles. The summed E-state index contributed by atoms with van der Waals surface area (Å²) in [6.07, 6.45) is 1.06. The average Bonchev–Trinajstić information content (AvgIpc) is 3.25. The molecule has 1 heterocycles. The summed E-state index contributed by atoms with van der Waals surface area (Å²) < 4.78 is 39.4. The van der Waals surface area contributed by atoms with Gasteiger partial charge in [-0.15, -0.1) is 0 Å². The predicted octanol–water partition coefficient (Wildman–Crippen LogP) is 3.64. The minimum atomic E-state index is -3.80. The lowest BCUT2D eigenvalue weighted by molar-refractivity contribution is -0.140. The fraction of sp³-hybridized carbons (Fsp3) is 0.250. The number of ketones is 3. The summed E-state index contributed by atoms with van der Waals surface area (Å²) in [7, 11) is -2.51. The standard InChI is InChI=1S/C32H30N2O9S/c1-16-11-19(34-44(40,41)20-9-7-6-8-10-20)12-17(2)21(16)15-33-31(39)27-24(42-5)13-23(37)28-29(27)43-25-14-22(36)26(18(3)35)30(38)32(25,28)4/h6-14,26,34,37H,15H2,1-5H3,(H,33,39)/t26?,32-/m1/s1. The lowest BCUT2D eigenvalue weighted by Gasteiger charge is -2.30. The van der Waals surface area contributed by atoms with Crippen molar-refractivity contribution in [3.05, 3.63) is 88.2 Å². The van der Waals surface area contributed by atoms with E-state index < -0.39 is 50.4 Å². The van der Waals surface area contributed by atoms with Gasteiger partial charge in [-0.2, -0.15) is 0 Å². The van der Waals surface area contributed by atoms with Crippen molar-refractivity contribution in [2.24, 2.45) is 5.92 Å². The van der Waals surface area contributed by atoms with E-state index in [1.165, 1.54) is 32.2 Å². The second kappa shape index (κ2) is 10.9. The molecule has 0 saturated carbocycles. The molecule has 2 atom stereocenters. The van der Waals surface area contributed by atoms with Crippen LogP contribution in [0.1, 0.15) is 46.5 Å². The quantitative estimate of drug-likeness (QED) is 0.320. The van der Waals surface area contributed by atoms with Crippen molar-refractivity contribution in [1.29, 1.82) is 0 Å². The molecule has 228 valence electrons. The van der Waals surface area contributed by atoms with E-state index in [-0.39, 0.29) is 39.8 Å². The Labute approximate surface area is 253 Å². The van der Waals surface area contributed by atoms with Crippen LogP contribution in [0.3, 0.4) is 0 Å². The Morgan fingerprint density at radius 2 is 1.70 bits per heavy atom. The number of ether oxygens (including phenoxy) is 2. The number of carbonyl (C=O) groups is 4. The SMILES string of the molecule is COc1cc(O)c2c(c1C(=O)NCc1c(C)cc(NS(=O)(=O)c3ccccc3)cc1C)OC1=CC(=O)C(C(C)=O)C(=O)[C@]12C. The maximum absolute atomic E-state index is 13.7. The molecular weight excluding hydrogens is 588 g/mol. The molecule has 3 aromatic carbocycles. The summed E-state index contributed by atoms with van der Waals surface area (Å²) in [6, 6.07) is 12.5. The first-order valence-corrected chi connectivity index (χ1v) is 15.1. The van der Waals surface area contributed by atoms with E-state index in [0.717, 1.165) is 18.6 Å². The van der Waals surface area contributed by atoms with E-state index >= 15 is 0 Å². The monoisotopic (exact) mass is 618 g/mol. The van der Waals surface area contributed by atoms with Gasteiger partial charge >= 0.3 is 0 Å². The highest BCUT2D eigenvalue weighted by Gasteiger charge is 2.58. The molecule has 44 heavy (non-hydrogen) atoms. The van der Waals surface area contributed by atoms with Crippen molar-refractivity contribution in [2.45, 2.75) is 44.6 Å². The third-order valence-corrected chi connectivity index (χ3v) is 9.42. The van der Waals surface area contributed by atoms with Crippen LogP contribution in [0, 0.1) is 19.8 Å². The maximum Gasteiger partial charge on any atom is 0.261 e. The van der Waals surface area contributed by atoms with Gasteiger partial charge in [0.1, 0.15) is 39.9 Å². The Morgan fingerprint density at radius 3 is 2.30 bits per heavy atom. The molecule has 11 nitrogen and oxygen atoms in total. The van der Waals surface area contributed by atoms with Crippen LogP contribution < -0.4 is 19.5 Å². The number of carbonyl (C=O) groups excluding carboxylic acids is 4. The van der Waals surface area contributed by atoms with Crippen LogP contribution in [0.15, 0.2) is 65.3 Å². The van der Waals surface area contributed by atoms with Crippen LogP contribution in [-0.2, 0) is 36.4 Å². The van der Waals surface area contributed by atoms with Gasteiger partial charge in [0.2, 0.25) is 0 Å². The van der Waals surface area contributed by atoms with E-state index in [2.05, 4.69) is 10.0 Å². The van der Waals surface area contributed by atoms with E-state index in [9.17, 15) is 32.7 Å². The first-order chi connectivity index (χ1) is 20.7. The summed E-state index contributed by atoms with van der Waals surface area (Å²) in [5.74, 6) is -5.03. The van der Waals surface area contributed by atoms with Gasteiger partial charge in [-0.3, -0.25) is 23.9 Å². The van der Waals surface area contributed by atoms with Crippen LogP contribution in [0.25, 0.3) is 0 Å². The zero-order valence-electron chi connectivity index (χ0n) is 24.6. The Bertz CT molecular complexity index is 1880. The number of hydrogen-bond donors (Lipinski definition) is 3. The fourth-order valence-electron chi connectivity index (χ4n) is 5.75. The first kappa shape index (κ1) is 30.5. The molecule has 2 aliphatic rings. The van der Waals surface area contributed by atoms with Crippen molar-refractivity contribution in [3.8, 4) is 17.2 Å². The number of methoxy groups -OCH3 is 1. The molecule has 0 aromatic heterocycles. The lowest BCUT2D eigenvalue weighted by Crippen LogP contribution is -2.47. The zero-order valence-corrected chi connectivity index (χ0v) is 25.4. The molecule has 0 bridgehead atoms. The topological polar surface area (TPSA) is 165 Å². The number of allylic oxidation sites excluding steroid dienone is 2.